The van der Waals surface area contributed by atoms with Crippen molar-refractivity contribution in [3.05, 3.63) is 0 Å². The zero-order valence-corrected chi connectivity index (χ0v) is 8.56. The number of nitrogens with one attached hydrogen (secondary N) is 1. The summed E-state index contributed by atoms with van der Waals surface area (Å²) >= 11 is 0. The van der Waals surface area contributed by atoms with Crippen molar-refractivity contribution < 1.29 is 13.7 Å². The van der Waals surface area contributed by atoms with Gasteiger partial charge in [0.2, 0.25) is 5.91 Å². The highest BCUT2D eigenvalue weighted by Gasteiger charge is 2.06. The van der Waals surface area contributed by atoms with Gasteiger partial charge in [-0.3, -0.25) is 9.00 Å². The van der Waals surface area contributed by atoms with Crippen molar-refractivity contribution in [2.24, 2.45) is 5.73 Å². The molecule has 78 valence electrons. The smallest absolute Gasteiger partial charge is 0.232 e. The Bertz CT molecular complexity index is 157. The van der Waals surface area contributed by atoms with Crippen molar-refractivity contribution in [1.82, 2.24) is 5.32 Å². The van der Waals surface area contributed by atoms with Gasteiger partial charge in [-0.15, -0.1) is 0 Å². The van der Waals surface area contributed by atoms with Crippen LogP contribution in [0.5, 0.6) is 0 Å². The van der Waals surface area contributed by atoms with E-state index in [4.69, 9.17) is 10.5 Å². The minimum absolute atomic E-state index is 0.0311. The first-order chi connectivity index (χ1) is 6.20. The molecule has 0 radical (unpaired) electrons. The standard InChI is InChI=1S/C7H16N2O3S/c1-12-4-5-13(11)6-7(10)9-3-2-8/h2-6,8H2,1H3,(H,9,10). The molecule has 1 amide bonds. The Morgan fingerprint density at radius 2 is 2.31 bits per heavy atom. The molecule has 0 rings (SSSR count). The minimum Gasteiger partial charge on any atom is -0.384 e. The van der Waals surface area contributed by atoms with Crippen LogP contribution in [-0.4, -0.2) is 48.4 Å². The molecule has 6 heteroatoms. The number of hydrogen-bond acceptors (Lipinski definition) is 4. The number of carbonyl (C=O) groups excluding carboxylic acids is 1. The third-order valence-corrected chi connectivity index (χ3v) is 2.48. The van der Waals surface area contributed by atoms with Gasteiger partial charge in [-0.1, -0.05) is 0 Å². The van der Waals surface area contributed by atoms with Gasteiger partial charge >= 0.3 is 0 Å². The Balaban J connectivity index is 3.47. The molecule has 0 aliphatic carbocycles. The van der Waals surface area contributed by atoms with E-state index in [2.05, 4.69) is 5.32 Å². The van der Waals surface area contributed by atoms with Gasteiger partial charge in [-0.05, 0) is 0 Å². The number of hydrogen-bond donors (Lipinski definition) is 2. The molecule has 1 atom stereocenters. The predicted octanol–water partition coefficient (Wildman–Crippen LogP) is -1.54. The number of ether oxygens (including phenoxy) is 1. The van der Waals surface area contributed by atoms with E-state index < -0.39 is 10.8 Å². The van der Waals surface area contributed by atoms with Crippen molar-refractivity contribution in [3.8, 4) is 0 Å². The third kappa shape index (κ3) is 7.89. The first-order valence-corrected chi connectivity index (χ1v) is 5.50. The summed E-state index contributed by atoms with van der Waals surface area (Å²) in [7, 11) is 0.402. The van der Waals surface area contributed by atoms with Gasteiger partial charge in [0.25, 0.3) is 0 Å². The highest BCUT2D eigenvalue weighted by Crippen LogP contribution is 1.83. The molecule has 0 fully saturated rings. The summed E-state index contributed by atoms with van der Waals surface area (Å²) in [6, 6.07) is 0. The second kappa shape index (κ2) is 8.15. The Morgan fingerprint density at radius 1 is 1.62 bits per heavy atom. The predicted molar refractivity (Wildman–Crippen MR) is 51.8 cm³/mol. The highest BCUT2D eigenvalue weighted by molar-refractivity contribution is 7.85. The summed E-state index contributed by atoms with van der Waals surface area (Å²) in [4.78, 5) is 11.0. The lowest BCUT2D eigenvalue weighted by Crippen LogP contribution is -2.33. The maximum Gasteiger partial charge on any atom is 0.232 e. The zero-order chi connectivity index (χ0) is 10.1. The van der Waals surface area contributed by atoms with Gasteiger partial charge in [0.15, 0.2) is 0 Å². The van der Waals surface area contributed by atoms with E-state index in [1.54, 1.807) is 0 Å². The minimum atomic E-state index is -1.13. The number of carbonyl (C=O) groups is 1. The molecule has 0 aliphatic heterocycles. The highest BCUT2D eigenvalue weighted by atomic mass is 32.2. The van der Waals surface area contributed by atoms with Crippen molar-refractivity contribution in [2.45, 2.75) is 0 Å². The lowest BCUT2D eigenvalue weighted by Gasteiger charge is -2.02. The molecular weight excluding hydrogens is 192 g/mol. The molecule has 0 bridgehead atoms. The van der Waals surface area contributed by atoms with E-state index in [0.29, 0.717) is 25.4 Å². The Hall–Kier alpha value is -0.460. The summed E-state index contributed by atoms with van der Waals surface area (Å²) in [5.74, 6) is 0.204. The summed E-state index contributed by atoms with van der Waals surface area (Å²) in [6.45, 7) is 1.24. The first kappa shape index (κ1) is 12.5. The molecule has 3 N–H and O–H groups in total. The summed E-state index contributed by atoms with van der Waals surface area (Å²) in [6.07, 6.45) is 0. The summed E-state index contributed by atoms with van der Waals surface area (Å²) < 4.78 is 15.8. The van der Waals surface area contributed by atoms with E-state index in [9.17, 15) is 9.00 Å². The van der Waals surface area contributed by atoms with E-state index in [0.717, 1.165) is 0 Å². The maximum absolute atomic E-state index is 11.1. The van der Waals surface area contributed by atoms with Crippen molar-refractivity contribution in [3.63, 3.8) is 0 Å². The van der Waals surface area contributed by atoms with Gasteiger partial charge in [0.1, 0.15) is 5.75 Å². The lowest BCUT2D eigenvalue weighted by atomic mass is 10.6. The fraction of sp³-hybridized carbons (Fsp3) is 0.857. The van der Waals surface area contributed by atoms with Crippen LogP contribution in [0.25, 0.3) is 0 Å². The van der Waals surface area contributed by atoms with Crippen molar-refractivity contribution in [1.29, 1.82) is 0 Å². The van der Waals surface area contributed by atoms with Crippen LogP contribution in [0.2, 0.25) is 0 Å². The maximum atomic E-state index is 11.1. The monoisotopic (exact) mass is 208 g/mol. The molecule has 0 heterocycles. The number of rotatable bonds is 7. The van der Waals surface area contributed by atoms with E-state index in [1.165, 1.54) is 7.11 Å². The fourth-order valence-corrected chi connectivity index (χ4v) is 1.55. The second-order valence-electron chi connectivity index (χ2n) is 2.42. The van der Waals surface area contributed by atoms with Crippen LogP contribution in [0.15, 0.2) is 0 Å². The molecule has 0 aromatic carbocycles. The Labute approximate surface area is 80.5 Å². The fourth-order valence-electron chi connectivity index (χ4n) is 0.657. The summed E-state index contributed by atoms with van der Waals surface area (Å²) in [5.41, 5.74) is 5.18. The Kier molecular flexibility index (Phi) is 7.86. The van der Waals surface area contributed by atoms with E-state index in [-0.39, 0.29) is 11.7 Å². The zero-order valence-electron chi connectivity index (χ0n) is 7.75. The molecule has 0 spiro atoms. The first-order valence-electron chi connectivity index (χ1n) is 4.01. The molecular formula is C7H16N2O3S. The van der Waals surface area contributed by atoms with Gasteiger partial charge in [-0.2, -0.15) is 0 Å². The van der Waals surface area contributed by atoms with Crippen LogP contribution < -0.4 is 11.1 Å². The van der Waals surface area contributed by atoms with Gasteiger partial charge in [0, 0.05) is 36.8 Å². The van der Waals surface area contributed by atoms with Crippen molar-refractivity contribution in [2.75, 3.05) is 38.3 Å². The van der Waals surface area contributed by atoms with Crippen molar-refractivity contribution >= 4 is 16.7 Å². The van der Waals surface area contributed by atoms with E-state index >= 15 is 0 Å². The van der Waals surface area contributed by atoms with Crippen LogP contribution >= 0.6 is 0 Å². The van der Waals surface area contributed by atoms with Gasteiger partial charge < -0.3 is 15.8 Å². The normalized spacial score (nSPS) is 12.5. The molecule has 0 saturated heterocycles. The topological polar surface area (TPSA) is 81.4 Å². The van der Waals surface area contributed by atoms with E-state index in [1.807, 2.05) is 0 Å². The summed E-state index contributed by atoms with van der Waals surface area (Å²) in [5, 5.41) is 2.54. The van der Waals surface area contributed by atoms with Gasteiger partial charge in [-0.25, -0.2) is 0 Å². The SMILES string of the molecule is COCCS(=O)CC(=O)NCCN. The van der Waals surface area contributed by atoms with Crippen LogP contribution in [0.1, 0.15) is 0 Å². The Morgan fingerprint density at radius 3 is 2.85 bits per heavy atom. The second-order valence-corrected chi connectivity index (χ2v) is 4.00. The van der Waals surface area contributed by atoms with Crippen LogP contribution in [-0.2, 0) is 20.3 Å². The molecule has 0 aliphatic rings. The molecule has 13 heavy (non-hydrogen) atoms. The average molecular weight is 208 g/mol. The van der Waals surface area contributed by atoms with Crippen LogP contribution in [0, 0.1) is 0 Å². The third-order valence-electron chi connectivity index (χ3n) is 1.27. The van der Waals surface area contributed by atoms with Crippen LogP contribution in [0.3, 0.4) is 0 Å². The number of nitrogens with two attached hydrogens (primary N) is 1. The quantitative estimate of drug-likeness (QED) is 0.531. The molecule has 1 unspecified atom stereocenters. The molecule has 0 aromatic heterocycles. The number of methoxy groups -OCH3 is 1. The molecule has 0 aromatic rings. The largest absolute Gasteiger partial charge is 0.384 e. The average Bonchev–Trinajstić information content (AvgIpc) is 2.11. The molecule has 5 nitrogen and oxygen atoms in total. The van der Waals surface area contributed by atoms with Gasteiger partial charge in [0.05, 0.1) is 6.61 Å². The number of amides is 1. The van der Waals surface area contributed by atoms with Crippen LogP contribution in [0.4, 0.5) is 0 Å². The lowest BCUT2D eigenvalue weighted by molar-refractivity contribution is -0.118. The molecule has 0 saturated carbocycles.